The van der Waals surface area contributed by atoms with E-state index in [1.54, 1.807) is 0 Å². The third-order valence-corrected chi connectivity index (χ3v) is 3.77. The largest absolute Gasteiger partial charge is 0.280 e. The molecule has 0 aromatic rings. The number of hydrogen-bond acceptors (Lipinski definition) is 1. The van der Waals surface area contributed by atoms with Crippen molar-refractivity contribution >= 4 is 23.2 Å². The Kier molecular flexibility index (Phi) is 1.86. The summed E-state index contributed by atoms with van der Waals surface area (Å²) in [4.78, 5) is 2.08. The van der Waals surface area contributed by atoms with Crippen LogP contribution in [0.3, 0.4) is 0 Å². The zero-order valence-electron chi connectivity index (χ0n) is 6.61. The summed E-state index contributed by atoms with van der Waals surface area (Å²) in [6, 6.07) is 1.44. The van der Waals surface area contributed by atoms with Crippen LogP contribution in [0.15, 0.2) is 0 Å². The highest BCUT2D eigenvalue weighted by Crippen LogP contribution is 2.50. The molecular weight excluding hydrogens is 181 g/mol. The van der Waals surface area contributed by atoms with Crippen molar-refractivity contribution in [1.82, 2.24) is 4.90 Å². The molecule has 11 heavy (non-hydrogen) atoms. The van der Waals surface area contributed by atoms with E-state index in [4.69, 9.17) is 23.2 Å². The van der Waals surface area contributed by atoms with Crippen LogP contribution in [0.25, 0.3) is 0 Å². The van der Waals surface area contributed by atoms with Crippen molar-refractivity contribution in [3.8, 4) is 0 Å². The fourth-order valence-electron chi connectivity index (χ4n) is 2.10. The van der Waals surface area contributed by atoms with Gasteiger partial charge in [-0.15, -0.1) is 23.2 Å². The van der Waals surface area contributed by atoms with Crippen molar-refractivity contribution < 1.29 is 0 Å². The third-order valence-electron chi connectivity index (χ3n) is 2.86. The van der Waals surface area contributed by atoms with Crippen LogP contribution in [0.5, 0.6) is 0 Å². The molecule has 2 aliphatic rings. The summed E-state index contributed by atoms with van der Waals surface area (Å²) in [7, 11) is 2.08. The molecule has 2 heterocycles. The quantitative estimate of drug-likeness (QED) is 0.422. The molecule has 0 spiro atoms. The number of halogens is 2. The van der Waals surface area contributed by atoms with Crippen molar-refractivity contribution in [2.45, 2.75) is 36.1 Å². The summed E-state index contributed by atoms with van der Waals surface area (Å²) in [5.41, 5.74) is 0. The SMILES string of the molecule is CN1[C]2CCC1(Cl)C[C@@H](Cl)C2. The van der Waals surface area contributed by atoms with E-state index >= 15 is 0 Å². The van der Waals surface area contributed by atoms with E-state index in [1.165, 1.54) is 6.04 Å². The Morgan fingerprint density at radius 1 is 1.64 bits per heavy atom. The number of fused-ring (bicyclic) bond motifs is 2. The Bertz CT molecular complexity index is 173. The van der Waals surface area contributed by atoms with Crippen LogP contribution >= 0.6 is 23.2 Å². The predicted octanol–water partition coefficient (Wildman–Crippen LogP) is 2.58. The highest BCUT2D eigenvalue weighted by molar-refractivity contribution is 6.26. The summed E-state index contributed by atoms with van der Waals surface area (Å²) in [5, 5.41) is 0.265. The van der Waals surface area contributed by atoms with Gasteiger partial charge in [-0.1, -0.05) is 0 Å². The molecule has 3 heteroatoms. The number of alkyl halides is 2. The molecule has 0 N–H and O–H groups in total. The van der Waals surface area contributed by atoms with E-state index < -0.39 is 0 Å². The fraction of sp³-hybridized carbons (Fsp3) is 0.875. The first kappa shape index (κ1) is 8.15. The lowest BCUT2D eigenvalue weighted by Gasteiger charge is -2.39. The summed E-state index contributed by atoms with van der Waals surface area (Å²) in [6.45, 7) is 0. The first-order valence-corrected chi connectivity index (χ1v) is 4.85. The Morgan fingerprint density at radius 3 is 3.00 bits per heavy atom. The maximum absolute atomic E-state index is 6.37. The summed E-state index contributed by atoms with van der Waals surface area (Å²) >= 11 is 12.4. The molecule has 1 radical (unpaired) electrons. The molecule has 2 saturated heterocycles. The van der Waals surface area contributed by atoms with Crippen molar-refractivity contribution in [2.75, 3.05) is 7.05 Å². The van der Waals surface area contributed by atoms with Crippen molar-refractivity contribution in [1.29, 1.82) is 0 Å². The van der Waals surface area contributed by atoms with E-state index in [0.29, 0.717) is 0 Å². The van der Waals surface area contributed by atoms with E-state index in [1.807, 2.05) is 0 Å². The lowest BCUT2D eigenvalue weighted by Crippen LogP contribution is -2.43. The molecule has 0 aromatic carbocycles. The van der Waals surface area contributed by atoms with Gasteiger partial charge in [0.15, 0.2) is 0 Å². The molecule has 0 aliphatic carbocycles. The van der Waals surface area contributed by atoms with Gasteiger partial charge in [-0.2, -0.15) is 0 Å². The fourth-order valence-corrected chi connectivity index (χ4v) is 3.01. The molecule has 2 bridgehead atoms. The minimum absolute atomic E-state index is 0.139. The van der Waals surface area contributed by atoms with E-state index in [0.717, 1.165) is 25.7 Å². The van der Waals surface area contributed by atoms with Crippen LogP contribution in [-0.2, 0) is 0 Å². The maximum atomic E-state index is 6.37. The molecule has 0 amide bonds. The molecule has 1 unspecified atom stereocenters. The second-order valence-corrected chi connectivity index (χ2v) is 4.87. The van der Waals surface area contributed by atoms with Gasteiger partial charge in [0.2, 0.25) is 0 Å². The average molecular weight is 193 g/mol. The Labute approximate surface area is 77.6 Å². The zero-order valence-corrected chi connectivity index (χ0v) is 8.12. The van der Waals surface area contributed by atoms with Gasteiger partial charge in [0.1, 0.15) is 0 Å². The van der Waals surface area contributed by atoms with Crippen LogP contribution in [0.4, 0.5) is 0 Å². The smallest absolute Gasteiger partial charge is 0.0978 e. The monoisotopic (exact) mass is 192 g/mol. The second kappa shape index (κ2) is 2.51. The summed E-state index contributed by atoms with van der Waals surface area (Å²) in [5.74, 6) is 0. The van der Waals surface area contributed by atoms with Crippen molar-refractivity contribution in [2.24, 2.45) is 0 Å². The number of nitrogens with zero attached hydrogens (tertiary/aromatic N) is 1. The standard InChI is InChI=1S/C8H12Cl2N/c1-11-7-2-3-8(11,10)5-6(9)4-7/h6H,2-5H2,1H3/t6-,8?/m0/s1. The molecule has 2 rings (SSSR count). The van der Waals surface area contributed by atoms with Crippen LogP contribution in [0.1, 0.15) is 25.7 Å². The lowest BCUT2D eigenvalue weighted by atomic mass is 10.0. The number of piperidine rings is 1. The number of hydrogen-bond donors (Lipinski definition) is 0. The molecule has 2 atom stereocenters. The zero-order chi connectivity index (χ0) is 8.06. The highest BCUT2D eigenvalue weighted by Gasteiger charge is 2.48. The van der Waals surface area contributed by atoms with Gasteiger partial charge in [-0.05, 0) is 32.7 Å². The molecule has 1 nitrogen and oxygen atoms in total. The van der Waals surface area contributed by atoms with Gasteiger partial charge >= 0.3 is 0 Å². The van der Waals surface area contributed by atoms with Crippen LogP contribution in [-0.4, -0.2) is 22.3 Å². The molecule has 63 valence electrons. The van der Waals surface area contributed by atoms with Crippen LogP contribution in [0, 0.1) is 6.04 Å². The van der Waals surface area contributed by atoms with Gasteiger partial charge in [0.05, 0.1) is 5.00 Å². The molecule has 2 aliphatic heterocycles. The minimum Gasteiger partial charge on any atom is -0.280 e. The highest BCUT2D eigenvalue weighted by atomic mass is 35.5. The molecule has 0 aromatic heterocycles. The second-order valence-electron chi connectivity index (χ2n) is 3.55. The molecule has 2 fully saturated rings. The predicted molar refractivity (Wildman–Crippen MR) is 47.7 cm³/mol. The maximum Gasteiger partial charge on any atom is 0.0978 e. The van der Waals surface area contributed by atoms with E-state index in [9.17, 15) is 0 Å². The lowest BCUT2D eigenvalue weighted by molar-refractivity contribution is 0.209. The van der Waals surface area contributed by atoms with E-state index in [-0.39, 0.29) is 10.4 Å². The van der Waals surface area contributed by atoms with E-state index in [2.05, 4.69) is 11.9 Å². The summed E-state index contributed by atoms with van der Waals surface area (Å²) in [6.07, 6.45) is 4.18. The third kappa shape index (κ3) is 1.18. The van der Waals surface area contributed by atoms with Gasteiger partial charge < -0.3 is 0 Å². The Hall–Kier alpha value is 0.540. The molecule has 0 saturated carbocycles. The molecular formula is C8H12Cl2N. The Morgan fingerprint density at radius 2 is 2.36 bits per heavy atom. The van der Waals surface area contributed by atoms with Gasteiger partial charge in [-0.25, -0.2) is 0 Å². The van der Waals surface area contributed by atoms with Gasteiger partial charge in [-0.3, -0.25) is 4.90 Å². The van der Waals surface area contributed by atoms with Gasteiger partial charge in [0, 0.05) is 11.4 Å². The van der Waals surface area contributed by atoms with Gasteiger partial charge in [0.25, 0.3) is 0 Å². The first-order valence-electron chi connectivity index (χ1n) is 4.03. The first-order chi connectivity index (χ1) is 5.12. The minimum atomic E-state index is -0.139. The Balaban J connectivity index is 2.20. The van der Waals surface area contributed by atoms with Crippen LogP contribution < -0.4 is 0 Å². The van der Waals surface area contributed by atoms with Crippen molar-refractivity contribution in [3.63, 3.8) is 0 Å². The van der Waals surface area contributed by atoms with Crippen LogP contribution in [0.2, 0.25) is 0 Å². The number of rotatable bonds is 0. The van der Waals surface area contributed by atoms with Crippen molar-refractivity contribution in [3.05, 3.63) is 6.04 Å². The topological polar surface area (TPSA) is 3.24 Å². The summed E-state index contributed by atoms with van der Waals surface area (Å²) < 4.78 is 0. The average Bonchev–Trinajstić information content (AvgIpc) is 2.17. The normalized spacial score (nSPS) is 46.6.